The highest BCUT2D eigenvalue weighted by atomic mass is 19.4. The lowest BCUT2D eigenvalue weighted by Gasteiger charge is -2.26. The van der Waals surface area contributed by atoms with Crippen molar-refractivity contribution in [1.82, 2.24) is 15.5 Å². The van der Waals surface area contributed by atoms with Gasteiger partial charge in [-0.3, -0.25) is 9.89 Å². The van der Waals surface area contributed by atoms with E-state index in [2.05, 4.69) is 44.8 Å². The summed E-state index contributed by atoms with van der Waals surface area (Å²) in [6.07, 6.45) is -3.70. The lowest BCUT2D eigenvalue weighted by atomic mass is 10.1. The van der Waals surface area contributed by atoms with Crippen molar-refractivity contribution in [3.05, 3.63) is 70.8 Å². The van der Waals surface area contributed by atoms with Crippen LogP contribution in [-0.4, -0.2) is 50.8 Å². The number of rotatable bonds is 7. The predicted octanol–water partition coefficient (Wildman–Crippen LogP) is 3.45. The molecule has 0 aliphatic carbocycles. The third-order valence-electron chi connectivity index (χ3n) is 5.17. The summed E-state index contributed by atoms with van der Waals surface area (Å²) in [4.78, 5) is 6.61. The van der Waals surface area contributed by atoms with E-state index in [9.17, 15) is 13.2 Å². The number of nitrogens with zero attached hydrogens (tertiary/aromatic N) is 2. The van der Waals surface area contributed by atoms with Gasteiger partial charge in [-0.05, 0) is 35.2 Å². The minimum Gasteiger partial charge on any atom is -0.379 e. The van der Waals surface area contributed by atoms with Crippen LogP contribution in [0.3, 0.4) is 0 Å². The molecular formula is C23H29F3N4O. The number of nitrogens with one attached hydrogen (secondary N) is 2. The van der Waals surface area contributed by atoms with Gasteiger partial charge in [0, 0.05) is 39.8 Å². The summed E-state index contributed by atoms with van der Waals surface area (Å²) in [6.45, 7) is 5.61. The first-order valence-corrected chi connectivity index (χ1v) is 10.4. The third kappa shape index (κ3) is 7.56. The summed E-state index contributed by atoms with van der Waals surface area (Å²) >= 11 is 0. The van der Waals surface area contributed by atoms with Gasteiger partial charge in [0.05, 0.1) is 18.8 Å². The van der Waals surface area contributed by atoms with E-state index in [-0.39, 0.29) is 0 Å². The molecule has 0 bridgehead atoms. The lowest BCUT2D eigenvalue weighted by Crippen LogP contribution is -2.38. The second-order valence-corrected chi connectivity index (χ2v) is 7.51. The fraction of sp³-hybridized carbons (Fsp3) is 0.435. The van der Waals surface area contributed by atoms with Crippen molar-refractivity contribution in [2.75, 3.05) is 39.9 Å². The van der Waals surface area contributed by atoms with Gasteiger partial charge in [0.15, 0.2) is 5.96 Å². The van der Waals surface area contributed by atoms with E-state index in [0.717, 1.165) is 56.1 Å². The van der Waals surface area contributed by atoms with Gasteiger partial charge >= 0.3 is 6.18 Å². The fourth-order valence-electron chi connectivity index (χ4n) is 3.45. The van der Waals surface area contributed by atoms with Crippen LogP contribution in [0.25, 0.3) is 0 Å². The van der Waals surface area contributed by atoms with E-state index < -0.39 is 11.7 Å². The van der Waals surface area contributed by atoms with Crippen molar-refractivity contribution in [3.63, 3.8) is 0 Å². The number of hydrogen-bond donors (Lipinski definition) is 2. The van der Waals surface area contributed by atoms with Crippen LogP contribution in [0.2, 0.25) is 0 Å². The van der Waals surface area contributed by atoms with Crippen LogP contribution >= 0.6 is 0 Å². The van der Waals surface area contributed by atoms with E-state index in [1.54, 1.807) is 7.05 Å². The van der Waals surface area contributed by atoms with Gasteiger partial charge < -0.3 is 15.4 Å². The highest BCUT2D eigenvalue weighted by Gasteiger charge is 2.29. The molecular weight excluding hydrogens is 405 g/mol. The van der Waals surface area contributed by atoms with E-state index >= 15 is 0 Å². The summed E-state index contributed by atoms with van der Waals surface area (Å²) in [5.41, 5.74) is 2.65. The quantitative estimate of drug-likeness (QED) is 0.518. The maximum atomic E-state index is 12.6. The molecule has 5 nitrogen and oxygen atoms in total. The van der Waals surface area contributed by atoms with Gasteiger partial charge in [-0.2, -0.15) is 13.2 Å². The van der Waals surface area contributed by atoms with Crippen LogP contribution in [-0.2, 0) is 30.4 Å². The molecule has 1 aliphatic rings. The Morgan fingerprint density at radius 2 is 1.71 bits per heavy atom. The van der Waals surface area contributed by atoms with E-state index in [1.807, 2.05) is 0 Å². The van der Waals surface area contributed by atoms with Crippen molar-refractivity contribution in [1.29, 1.82) is 0 Å². The Bertz CT molecular complexity index is 847. The first-order valence-electron chi connectivity index (χ1n) is 10.4. The number of aliphatic imine (C=N–C) groups is 1. The molecule has 3 rings (SSSR count). The maximum absolute atomic E-state index is 12.6. The van der Waals surface area contributed by atoms with Gasteiger partial charge in [0.1, 0.15) is 0 Å². The number of morpholine rings is 1. The number of guanidine groups is 1. The smallest absolute Gasteiger partial charge is 0.379 e. The Morgan fingerprint density at radius 3 is 2.39 bits per heavy atom. The number of ether oxygens (including phenoxy) is 1. The summed E-state index contributed by atoms with van der Waals surface area (Å²) < 4.78 is 43.3. The SMILES string of the molecule is CN=C(NCCc1ccc(C(F)(F)F)cc1)NCc1cccc(CN2CCOCC2)c1. The van der Waals surface area contributed by atoms with E-state index in [4.69, 9.17) is 4.74 Å². The monoisotopic (exact) mass is 434 g/mol. The molecule has 31 heavy (non-hydrogen) atoms. The molecule has 2 aromatic carbocycles. The minimum atomic E-state index is -4.30. The third-order valence-corrected chi connectivity index (χ3v) is 5.17. The number of halogens is 3. The second kappa shape index (κ2) is 11.2. The predicted molar refractivity (Wildman–Crippen MR) is 116 cm³/mol. The van der Waals surface area contributed by atoms with Crippen molar-refractivity contribution in [2.24, 2.45) is 4.99 Å². The maximum Gasteiger partial charge on any atom is 0.416 e. The summed E-state index contributed by atoms with van der Waals surface area (Å²) in [7, 11) is 1.70. The van der Waals surface area contributed by atoms with Crippen LogP contribution in [0.1, 0.15) is 22.3 Å². The fourth-order valence-corrected chi connectivity index (χ4v) is 3.45. The molecule has 1 heterocycles. The molecule has 1 saturated heterocycles. The highest BCUT2D eigenvalue weighted by Crippen LogP contribution is 2.29. The largest absolute Gasteiger partial charge is 0.416 e. The van der Waals surface area contributed by atoms with Crippen LogP contribution in [0.15, 0.2) is 53.5 Å². The molecule has 0 atom stereocenters. The van der Waals surface area contributed by atoms with Gasteiger partial charge in [0.2, 0.25) is 0 Å². The van der Waals surface area contributed by atoms with Crippen molar-refractivity contribution >= 4 is 5.96 Å². The molecule has 0 aromatic heterocycles. The van der Waals surface area contributed by atoms with Gasteiger partial charge in [-0.15, -0.1) is 0 Å². The molecule has 168 valence electrons. The molecule has 2 aromatic rings. The number of benzene rings is 2. The van der Waals surface area contributed by atoms with Gasteiger partial charge in [-0.1, -0.05) is 36.4 Å². The van der Waals surface area contributed by atoms with Crippen molar-refractivity contribution in [3.8, 4) is 0 Å². The zero-order valence-electron chi connectivity index (χ0n) is 17.7. The van der Waals surface area contributed by atoms with Crippen LogP contribution < -0.4 is 10.6 Å². The molecule has 2 N–H and O–H groups in total. The Hall–Kier alpha value is -2.58. The van der Waals surface area contributed by atoms with Gasteiger partial charge in [-0.25, -0.2) is 0 Å². The molecule has 1 aliphatic heterocycles. The Balaban J connectivity index is 1.43. The summed E-state index contributed by atoms with van der Waals surface area (Å²) in [5, 5.41) is 6.50. The molecule has 0 spiro atoms. The van der Waals surface area contributed by atoms with Crippen LogP contribution in [0, 0.1) is 0 Å². The topological polar surface area (TPSA) is 48.9 Å². The molecule has 0 radical (unpaired) electrons. The molecule has 0 unspecified atom stereocenters. The second-order valence-electron chi connectivity index (χ2n) is 7.51. The molecule has 8 heteroatoms. The van der Waals surface area contributed by atoms with E-state index in [0.29, 0.717) is 25.5 Å². The van der Waals surface area contributed by atoms with Crippen molar-refractivity contribution in [2.45, 2.75) is 25.7 Å². The molecule has 1 fully saturated rings. The summed E-state index contributed by atoms with van der Waals surface area (Å²) in [6, 6.07) is 13.7. The highest BCUT2D eigenvalue weighted by molar-refractivity contribution is 5.79. The minimum absolute atomic E-state index is 0.572. The molecule has 0 saturated carbocycles. The first kappa shape index (κ1) is 23.1. The van der Waals surface area contributed by atoms with Crippen molar-refractivity contribution < 1.29 is 17.9 Å². The van der Waals surface area contributed by atoms with E-state index in [1.165, 1.54) is 17.7 Å². The zero-order valence-corrected chi connectivity index (χ0v) is 17.7. The van der Waals surface area contributed by atoms with Gasteiger partial charge in [0.25, 0.3) is 0 Å². The number of hydrogen-bond acceptors (Lipinski definition) is 3. The zero-order chi connectivity index (χ0) is 22.1. The molecule has 0 amide bonds. The summed E-state index contributed by atoms with van der Waals surface area (Å²) in [5.74, 6) is 0.658. The Morgan fingerprint density at radius 1 is 1.00 bits per heavy atom. The standard InChI is InChI=1S/C23H29F3N4O/c1-27-22(28-10-9-18-5-7-21(8-6-18)23(24,25)26)29-16-19-3-2-4-20(15-19)17-30-11-13-31-14-12-30/h2-8,15H,9-14,16-17H2,1H3,(H2,27,28,29). The van der Waals surface area contributed by atoms with Crippen LogP contribution in [0.4, 0.5) is 13.2 Å². The lowest BCUT2D eigenvalue weighted by molar-refractivity contribution is -0.137. The normalized spacial score (nSPS) is 15.7. The average molecular weight is 435 g/mol. The Labute approximate surface area is 181 Å². The first-order chi connectivity index (χ1) is 14.9. The number of alkyl halides is 3. The van der Waals surface area contributed by atoms with Crippen LogP contribution in [0.5, 0.6) is 0 Å². The average Bonchev–Trinajstić information content (AvgIpc) is 2.77. The Kier molecular flexibility index (Phi) is 8.31.